The van der Waals surface area contributed by atoms with Crippen molar-refractivity contribution >= 4 is 17.5 Å². The fourth-order valence-electron chi connectivity index (χ4n) is 2.28. The van der Waals surface area contributed by atoms with E-state index in [1.165, 1.54) is 6.92 Å². The van der Waals surface area contributed by atoms with Crippen LogP contribution in [0.3, 0.4) is 0 Å². The van der Waals surface area contributed by atoms with Crippen molar-refractivity contribution in [2.45, 2.75) is 13.8 Å². The largest absolute Gasteiger partial charge is 0.378 e. The molecule has 1 heterocycles. The van der Waals surface area contributed by atoms with Crippen LogP contribution in [-0.2, 0) is 9.53 Å². The summed E-state index contributed by atoms with van der Waals surface area (Å²) in [5.74, 6) is -0.00576. The highest BCUT2D eigenvalue weighted by Crippen LogP contribution is 2.21. The van der Waals surface area contributed by atoms with Gasteiger partial charge in [0, 0.05) is 38.3 Å². The van der Waals surface area contributed by atoms with E-state index in [9.17, 15) is 9.59 Å². The summed E-state index contributed by atoms with van der Waals surface area (Å²) in [6.07, 6.45) is 0. The highest BCUT2D eigenvalue weighted by Gasteiger charge is 2.19. The first-order chi connectivity index (χ1) is 9.50. The second kappa shape index (κ2) is 6.05. The van der Waals surface area contributed by atoms with E-state index in [0.717, 1.165) is 11.3 Å². The third-order valence-electron chi connectivity index (χ3n) is 3.58. The van der Waals surface area contributed by atoms with E-state index in [1.807, 2.05) is 19.1 Å². The lowest BCUT2D eigenvalue weighted by molar-refractivity contribution is -0.116. The maximum atomic E-state index is 12.4. The van der Waals surface area contributed by atoms with Gasteiger partial charge in [-0.1, -0.05) is 0 Å². The number of hydrogen-bond acceptors (Lipinski definition) is 3. The van der Waals surface area contributed by atoms with Crippen molar-refractivity contribution in [2.75, 3.05) is 38.3 Å². The lowest BCUT2D eigenvalue weighted by Gasteiger charge is -2.27. The van der Waals surface area contributed by atoms with E-state index in [0.29, 0.717) is 31.9 Å². The molecule has 5 heteroatoms. The molecular weight excluding hydrogens is 256 g/mol. The molecule has 0 N–H and O–H groups in total. The Morgan fingerprint density at radius 2 is 1.90 bits per heavy atom. The Bertz CT molecular complexity index is 522. The van der Waals surface area contributed by atoms with Gasteiger partial charge in [0.05, 0.1) is 13.2 Å². The molecule has 20 heavy (non-hydrogen) atoms. The molecule has 5 nitrogen and oxygen atoms in total. The standard InChI is InChI=1S/C15H20N2O3/c1-11-10-13(4-5-14(11)16(3)12(2)18)15(19)17-6-8-20-9-7-17/h4-5,10H,6-9H2,1-3H3. The molecular formula is C15H20N2O3. The molecule has 1 aliphatic rings. The number of ether oxygens (including phenoxy) is 1. The van der Waals surface area contributed by atoms with Gasteiger partial charge < -0.3 is 14.5 Å². The van der Waals surface area contributed by atoms with E-state index in [1.54, 1.807) is 22.9 Å². The number of morpholine rings is 1. The van der Waals surface area contributed by atoms with Crippen LogP contribution in [0.5, 0.6) is 0 Å². The summed E-state index contributed by atoms with van der Waals surface area (Å²) in [5, 5.41) is 0. The first-order valence-corrected chi connectivity index (χ1v) is 6.72. The molecule has 2 amide bonds. The van der Waals surface area contributed by atoms with Crippen LogP contribution in [0.4, 0.5) is 5.69 Å². The van der Waals surface area contributed by atoms with Crippen LogP contribution in [0.25, 0.3) is 0 Å². The highest BCUT2D eigenvalue weighted by atomic mass is 16.5. The Hall–Kier alpha value is -1.88. The molecule has 1 fully saturated rings. The number of nitrogens with zero attached hydrogens (tertiary/aromatic N) is 2. The van der Waals surface area contributed by atoms with Gasteiger partial charge in [-0.25, -0.2) is 0 Å². The molecule has 0 aliphatic carbocycles. The zero-order valence-electron chi connectivity index (χ0n) is 12.2. The number of anilines is 1. The molecule has 0 spiro atoms. The molecule has 0 saturated carbocycles. The molecule has 1 aromatic rings. The summed E-state index contributed by atoms with van der Waals surface area (Å²) in [5.41, 5.74) is 2.41. The third kappa shape index (κ3) is 2.99. The van der Waals surface area contributed by atoms with Crippen molar-refractivity contribution < 1.29 is 14.3 Å². The summed E-state index contributed by atoms with van der Waals surface area (Å²) in [6, 6.07) is 5.44. The number of benzene rings is 1. The van der Waals surface area contributed by atoms with Crippen molar-refractivity contribution in [3.8, 4) is 0 Å². The predicted octanol–water partition coefficient (Wildman–Crippen LogP) is 1.45. The van der Waals surface area contributed by atoms with Crippen LogP contribution in [0.1, 0.15) is 22.8 Å². The van der Waals surface area contributed by atoms with Gasteiger partial charge in [0.2, 0.25) is 5.91 Å². The summed E-state index contributed by atoms with van der Waals surface area (Å²) in [4.78, 5) is 27.1. The molecule has 0 unspecified atom stereocenters. The van der Waals surface area contributed by atoms with E-state index in [4.69, 9.17) is 4.74 Å². The van der Waals surface area contributed by atoms with Crippen LogP contribution < -0.4 is 4.90 Å². The van der Waals surface area contributed by atoms with Crippen molar-refractivity contribution in [3.05, 3.63) is 29.3 Å². The zero-order valence-corrected chi connectivity index (χ0v) is 12.2. The minimum atomic E-state index is -0.0274. The second-order valence-corrected chi connectivity index (χ2v) is 4.98. The highest BCUT2D eigenvalue weighted by molar-refractivity contribution is 5.96. The lowest BCUT2D eigenvalue weighted by atomic mass is 10.1. The van der Waals surface area contributed by atoms with Gasteiger partial charge in [-0.05, 0) is 30.7 Å². The van der Waals surface area contributed by atoms with E-state index < -0.39 is 0 Å². The quantitative estimate of drug-likeness (QED) is 0.821. The van der Waals surface area contributed by atoms with Gasteiger partial charge >= 0.3 is 0 Å². The average Bonchev–Trinajstić information content (AvgIpc) is 2.46. The number of amides is 2. The summed E-state index contributed by atoms with van der Waals surface area (Å²) in [7, 11) is 1.73. The fourth-order valence-corrected chi connectivity index (χ4v) is 2.28. The smallest absolute Gasteiger partial charge is 0.254 e. The maximum absolute atomic E-state index is 12.4. The second-order valence-electron chi connectivity index (χ2n) is 4.98. The topological polar surface area (TPSA) is 49.9 Å². The Morgan fingerprint density at radius 3 is 2.45 bits per heavy atom. The Labute approximate surface area is 119 Å². The van der Waals surface area contributed by atoms with E-state index in [2.05, 4.69) is 0 Å². The number of hydrogen-bond donors (Lipinski definition) is 0. The molecule has 1 aliphatic heterocycles. The van der Waals surface area contributed by atoms with E-state index >= 15 is 0 Å². The van der Waals surface area contributed by atoms with Crippen molar-refractivity contribution in [2.24, 2.45) is 0 Å². The van der Waals surface area contributed by atoms with Crippen molar-refractivity contribution in [1.29, 1.82) is 0 Å². The van der Waals surface area contributed by atoms with Crippen LogP contribution in [-0.4, -0.2) is 50.1 Å². The van der Waals surface area contributed by atoms with Crippen molar-refractivity contribution in [3.63, 3.8) is 0 Å². The first kappa shape index (κ1) is 14.5. The zero-order chi connectivity index (χ0) is 14.7. The number of rotatable bonds is 2. The summed E-state index contributed by atoms with van der Waals surface area (Å²) >= 11 is 0. The molecule has 0 radical (unpaired) electrons. The SMILES string of the molecule is CC(=O)N(C)c1ccc(C(=O)N2CCOCC2)cc1C. The van der Waals surface area contributed by atoms with Crippen LogP contribution in [0.2, 0.25) is 0 Å². The number of carbonyl (C=O) groups is 2. The monoisotopic (exact) mass is 276 g/mol. The summed E-state index contributed by atoms with van der Waals surface area (Å²) < 4.78 is 5.25. The fraction of sp³-hybridized carbons (Fsp3) is 0.467. The number of aryl methyl sites for hydroxylation is 1. The van der Waals surface area contributed by atoms with Crippen molar-refractivity contribution in [1.82, 2.24) is 4.90 Å². The van der Waals surface area contributed by atoms with Crippen LogP contribution >= 0.6 is 0 Å². The minimum absolute atomic E-state index is 0.0217. The molecule has 1 saturated heterocycles. The Kier molecular flexibility index (Phi) is 4.39. The molecule has 0 aromatic heterocycles. The van der Waals surface area contributed by atoms with Gasteiger partial charge in [-0.15, -0.1) is 0 Å². The van der Waals surface area contributed by atoms with Crippen LogP contribution in [0.15, 0.2) is 18.2 Å². The molecule has 2 rings (SSSR count). The number of carbonyl (C=O) groups excluding carboxylic acids is 2. The van der Waals surface area contributed by atoms with Gasteiger partial charge in [0.25, 0.3) is 5.91 Å². The van der Waals surface area contributed by atoms with Gasteiger partial charge in [0.15, 0.2) is 0 Å². The first-order valence-electron chi connectivity index (χ1n) is 6.72. The Balaban J connectivity index is 2.20. The van der Waals surface area contributed by atoms with E-state index in [-0.39, 0.29) is 11.8 Å². The van der Waals surface area contributed by atoms with Gasteiger partial charge in [-0.3, -0.25) is 9.59 Å². The average molecular weight is 276 g/mol. The third-order valence-corrected chi connectivity index (χ3v) is 3.58. The van der Waals surface area contributed by atoms with Crippen LogP contribution in [0, 0.1) is 6.92 Å². The molecule has 1 aromatic carbocycles. The molecule has 108 valence electrons. The van der Waals surface area contributed by atoms with Gasteiger partial charge in [0.1, 0.15) is 0 Å². The molecule has 0 atom stereocenters. The Morgan fingerprint density at radius 1 is 1.25 bits per heavy atom. The predicted molar refractivity (Wildman–Crippen MR) is 77.0 cm³/mol. The summed E-state index contributed by atoms with van der Waals surface area (Å²) in [6.45, 7) is 5.88. The normalized spacial score (nSPS) is 15.1. The minimum Gasteiger partial charge on any atom is -0.378 e. The molecule has 0 bridgehead atoms. The lowest BCUT2D eigenvalue weighted by Crippen LogP contribution is -2.40. The maximum Gasteiger partial charge on any atom is 0.254 e. The van der Waals surface area contributed by atoms with Gasteiger partial charge in [-0.2, -0.15) is 0 Å².